The fraction of sp³-hybridized carbons (Fsp3) is 0.459. The van der Waals surface area contributed by atoms with Crippen molar-refractivity contribution >= 4 is 23.6 Å². The van der Waals surface area contributed by atoms with Gasteiger partial charge in [-0.25, -0.2) is 4.79 Å². The summed E-state index contributed by atoms with van der Waals surface area (Å²) in [6.07, 6.45) is 1.53. The minimum atomic E-state index is -0.581. The second kappa shape index (κ2) is 17.8. The van der Waals surface area contributed by atoms with E-state index >= 15 is 0 Å². The van der Waals surface area contributed by atoms with E-state index in [9.17, 15) is 9.59 Å². The Balaban J connectivity index is 1.32. The first-order valence-corrected chi connectivity index (χ1v) is 16.6. The highest BCUT2D eigenvalue weighted by atomic mass is 35.5. The molecule has 1 aliphatic rings. The van der Waals surface area contributed by atoms with E-state index in [1.165, 1.54) is 6.92 Å². The Morgan fingerprint density at radius 1 is 0.872 bits per heavy atom. The summed E-state index contributed by atoms with van der Waals surface area (Å²) < 4.78 is 29.9. The number of amides is 2. The summed E-state index contributed by atoms with van der Waals surface area (Å²) in [5, 5.41) is 3.42. The van der Waals surface area contributed by atoms with Gasteiger partial charge in [0.15, 0.2) is 0 Å². The van der Waals surface area contributed by atoms with Crippen molar-refractivity contribution in [1.82, 2.24) is 10.2 Å². The molecule has 3 aromatic rings. The molecule has 4 rings (SSSR count). The van der Waals surface area contributed by atoms with E-state index in [4.69, 9.17) is 35.3 Å². The highest BCUT2D eigenvalue weighted by Crippen LogP contribution is 2.32. The number of ether oxygens (including phenoxy) is 5. The molecule has 2 amide bonds. The fourth-order valence-electron chi connectivity index (χ4n) is 5.34. The Morgan fingerprint density at radius 2 is 1.55 bits per heavy atom. The zero-order chi connectivity index (χ0) is 33.6. The summed E-state index contributed by atoms with van der Waals surface area (Å²) in [6.45, 7) is 10.3. The lowest BCUT2D eigenvalue weighted by atomic mass is 9.87. The van der Waals surface area contributed by atoms with E-state index in [0.29, 0.717) is 69.7 Å². The van der Waals surface area contributed by atoms with Crippen molar-refractivity contribution in [2.75, 3.05) is 46.1 Å². The molecule has 2 atom stereocenters. The van der Waals surface area contributed by atoms with E-state index in [2.05, 4.69) is 17.4 Å². The maximum atomic E-state index is 12.9. The molecule has 2 unspecified atom stereocenters. The number of nitrogens with one attached hydrogen (secondary N) is 1. The predicted molar refractivity (Wildman–Crippen MR) is 183 cm³/mol. The molecule has 0 aromatic heterocycles. The van der Waals surface area contributed by atoms with Gasteiger partial charge in [0.1, 0.15) is 29.5 Å². The zero-order valence-corrected chi connectivity index (χ0v) is 28.6. The number of carbonyl (C=O) groups is 2. The van der Waals surface area contributed by atoms with Crippen molar-refractivity contribution in [3.05, 3.63) is 88.9 Å². The molecule has 0 spiro atoms. The van der Waals surface area contributed by atoms with Gasteiger partial charge < -0.3 is 33.9 Å². The maximum absolute atomic E-state index is 12.9. The van der Waals surface area contributed by atoms with Crippen molar-refractivity contribution in [3.8, 4) is 17.2 Å². The van der Waals surface area contributed by atoms with Crippen LogP contribution in [0.15, 0.2) is 72.8 Å². The molecule has 47 heavy (non-hydrogen) atoms. The first-order valence-electron chi connectivity index (χ1n) is 16.2. The van der Waals surface area contributed by atoms with Crippen molar-refractivity contribution in [2.24, 2.45) is 0 Å². The molecular weight excluding hydrogens is 620 g/mol. The molecule has 1 fully saturated rings. The fourth-order valence-corrected chi connectivity index (χ4v) is 5.53. The van der Waals surface area contributed by atoms with E-state index in [1.54, 1.807) is 11.0 Å². The molecule has 254 valence electrons. The highest BCUT2D eigenvalue weighted by molar-refractivity contribution is 6.32. The number of likely N-dealkylation sites (tertiary alicyclic amines) is 1. The summed E-state index contributed by atoms with van der Waals surface area (Å²) in [4.78, 5) is 25.9. The molecule has 1 N–H and O–H groups in total. The number of nitrogens with zero attached hydrogens (tertiary/aromatic N) is 1. The van der Waals surface area contributed by atoms with Crippen LogP contribution in [0, 0.1) is 0 Å². The monoisotopic (exact) mass is 666 g/mol. The Labute approximate surface area is 283 Å². The number of benzene rings is 3. The highest BCUT2D eigenvalue weighted by Gasteiger charge is 2.35. The van der Waals surface area contributed by atoms with Crippen LogP contribution in [0.1, 0.15) is 57.6 Å². The summed E-state index contributed by atoms with van der Waals surface area (Å²) >= 11 is 6.15. The number of hydrogen-bond donors (Lipinski definition) is 1. The number of hydrogen-bond acceptors (Lipinski definition) is 7. The number of piperidine rings is 1. The molecular formula is C37H47ClN2O7. The van der Waals surface area contributed by atoms with Crippen LogP contribution in [0.3, 0.4) is 0 Å². The minimum absolute atomic E-state index is 0.0582. The molecule has 1 saturated heterocycles. The second-order valence-electron chi connectivity index (χ2n) is 12.5. The van der Waals surface area contributed by atoms with Crippen molar-refractivity contribution < 1.29 is 33.3 Å². The van der Waals surface area contributed by atoms with Crippen LogP contribution >= 0.6 is 11.6 Å². The lowest BCUT2D eigenvalue weighted by molar-refractivity contribution is -0.118. The third-order valence-electron chi connectivity index (χ3n) is 7.58. The number of rotatable bonds is 15. The van der Waals surface area contributed by atoms with Crippen LogP contribution in [0.2, 0.25) is 5.02 Å². The van der Waals surface area contributed by atoms with Crippen LogP contribution in [0.25, 0.3) is 0 Å². The van der Waals surface area contributed by atoms with E-state index < -0.39 is 5.60 Å². The molecule has 1 heterocycles. The van der Waals surface area contributed by atoms with Gasteiger partial charge in [0, 0.05) is 32.4 Å². The van der Waals surface area contributed by atoms with Gasteiger partial charge in [-0.15, -0.1) is 0 Å². The summed E-state index contributed by atoms with van der Waals surface area (Å²) in [6, 6.07) is 23.3. The Kier molecular flexibility index (Phi) is 13.6. The molecule has 3 aromatic carbocycles. The minimum Gasteiger partial charge on any atom is -0.493 e. The second-order valence-corrected chi connectivity index (χ2v) is 12.9. The van der Waals surface area contributed by atoms with Crippen LogP contribution < -0.4 is 19.5 Å². The largest absolute Gasteiger partial charge is 0.493 e. The molecule has 9 nitrogen and oxygen atoms in total. The SMILES string of the molecule is CC(=O)NCCc1ccccc1OCCOC1CN(C(=O)OC(C)(C)C)CCC1c1ccc(OCCCOc2ccccc2Cl)cc1. The van der Waals surface area contributed by atoms with Crippen LogP contribution in [-0.2, 0) is 20.7 Å². The lowest BCUT2D eigenvalue weighted by Crippen LogP contribution is -2.48. The molecule has 0 radical (unpaired) electrons. The van der Waals surface area contributed by atoms with Gasteiger partial charge >= 0.3 is 6.09 Å². The zero-order valence-electron chi connectivity index (χ0n) is 27.8. The first kappa shape index (κ1) is 35.9. The van der Waals surface area contributed by atoms with Gasteiger partial charge in [-0.3, -0.25) is 4.79 Å². The quantitative estimate of drug-likeness (QED) is 0.174. The third kappa shape index (κ3) is 12.0. The average Bonchev–Trinajstić information content (AvgIpc) is 3.04. The third-order valence-corrected chi connectivity index (χ3v) is 7.90. The lowest BCUT2D eigenvalue weighted by Gasteiger charge is -2.39. The standard InChI is InChI=1S/C37H47ClN2O7/c1-27(41)39-20-18-29-10-5-7-12-33(29)45-24-25-46-35-26-40(36(42)47-37(2,3)4)21-19-31(35)28-14-16-30(17-15-28)43-22-9-23-44-34-13-8-6-11-32(34)38/h5-8,10-17,31,35H,9,18-26H2,1-4H3,(H,39,41). The van der Waals surface area contributed by atoms with Gasteiger partial charge in [-0.1, -0.05) is 54.1 Å². The Bertz CT molecular complexity index is 1430. The van der Waals surface area contributed by atoms with Crippen LogP contribution in [0.5, 0.6) is 17.2 Å². The van der Waals surface area contributed by atoms with Gasteiger partial charge in [-0.2, -0.15) is 0 Å². The van der Waals surface area contributed by atoms with Crippen molar-refractivity contribution in [2.45, 2.75) is 64.6 Å². The van der Waals surface area contributed by atoms with Gasteiger partial charge in [0.2, 0.25) is 5.91 Å². The van der Waals surface area contributed by atoms with Gasteiger partial charge in [0.25, 0.3) is 0 Å². The predicted octanol–water partition coefficient (Wildman–Crippen LogP) is 7.06. The van der Waals surface area contributed by atoms with Crippen LogP contribution in [-0.4, -0.2) is 74.7 Å². The Morgan fingerprint density at radius 3 is 2.28 bits per heavy atom. The van der Waals surface area contributed by atoms with E-state index in [-0.39, 0.29) is 24.0 Å². The number of carbonyl (C=O) groups excluding carboxylic acids is 2. The Hall–Kier alpha value is -3.95. The first-order chi connectivity index (χ1) is 22.6. The summed E-state index contributed by atoms with van der Waals surface area (Å²) in [5.41, 5.74) is 1.56. The van der Waals surface area contributed by atoms with Crippen molar-refractivity contribution in [1.29, 1.82) is 0 Å². The molecule has 0 bridgehead atoms. The maximum Gasteiger partial charge on any atom is 0.410 e. The van der Waals surface area contributed by atoms with E-state index in [1.807, 2.05) is 75.4 Å². The summed E-state index contributed by atoms with van der Waals surface area (Å²) in [7, 11) is 0. The molecule has 10 heteroatoms. The topological polar surface area (TPSA) is 95.6 Å². The molecule has 0 saturated carbocycles. The van der Waals surface area contributed by atoms with Crippen LogP contribution in [0.4, 0.5) is 4.79 Å². The normalized spacial score (nSPS) is 16.3. The van der Waals surface area contributed by atoms with E-state index in [0.717, 1.165) is 29.0 Å². The number of para-hydroxylation sites is 2. The smallest absolute Gasteiger partial charge is 0.410 e. The van der Waals surface area contributed by atoms with Crippen molar-refractivity contribution in [3.63, 3.8) is 0 Å². The average molecular weight is 667 g/mol. The molecule has 1 aliphatic heterocycles. The van der Waals surface area contributed by atoms with Gasteiger partial charge in [0.05, 0.1) is 37.5 Å². The summed E-state index contributed by atoms with van der Waals surface area (Å²) in [5.74, 6) is 2.24. The van der Waals surface area contributed by atoms with Gasteiger partial charge in [-0.05, 0) is 75.1 Å². The number of halogens is 1. The molecule has 0 aliphatic carbocycles.